The maximum Gasteiger partial charge on any atom is 0.137 e. The first-order chi connectivity index (χ1) is 10.2. The van der Waals surface area contributed by atoms with Crippen molar-refractivity contribution in [1.29, 1.82) is 0 Å². The van der Waals surface area contributed by atoms with Crippen LogP contribution < -0.4 is 16.0 Å². The van der Waals surface area contributed by atoms with E-state index in [0.717, 1.165) is 23.1 Å². The molecule has 0 bridgehead atoms. The minimum Gasteiger partial charge on any atom is -0.492 e. The highest BCUT2D eigenvalue weighted by atomic mass is 19.1. The van der Waals surface area contributed by atoms with E-state index >= 15 is 0 Å². The monoisotopic (exact) mass is 289 g/mol. The van der Waals surface area contributed by atoms with Crippen LogP contribution in [0.5, 0.6) is 5.75 Å². The van der Waals surface area contributed by atoms with Gasteiger partial charge in [-0.05, 0) is 48.2 Å². The normalized spacial score (nSPS) is 12.2. The second-order valence-electron chi connectivity index (χ2n) is 4.90. The van der Waals surface area contributed by atoms with E-state index in [2.05, 4.69) is 10.4 Å². The van der Waals surface area contributed by atoms with Crippen LogP contribution in [0.25, 0.3) is 0 Å². The number of halogens is 1. The van der Waals surface area contributed by atoms with Crippen molar-refractivity contribution in [2.45, 2.75) is 26.3 Å². The average Bonchev–Trinajstić information content (AvgIpc) is 2.50. The largest absolute Gasteiger partial charge is 0.492 e. The van der Waals surface area contributed by atoms with Crippen molar-refractivity contribution < 1.29 is 9.13 Å². The lowest BCUT2D eigenvalue weighted by molar-refractivity contribution is 0.315. The molecule has 0 saturated heterocycles. The molecule has 1 aromatic heterocycles. The number of nitrogens with one attached hydrogen (secondary N) is 1. The van der Waals surface area contributed by atoms with Gasteiger partial charge in [-0.2, -0.15) is 0 Å². The van der Waals surface area contributed by atoms with Gasteiger partial charge in [-0.25, -0.2) is 9.82 Å². The van der Waals surface area contributed by atoms with E-state index in [1.165, 1.54) is 12.1 Å². The van der Waals surface area contributed by atoms with Crippen LogP contribution in [0.15, 0.2) is 36.7 Å². The molecule has 0 amide bonds. The van der Waals surface area contributed by atoms with Crippen LogP contribution in [0.4, 0.5) is 4.39 Å². The van der Waals surface area contributed by atoms with E-state index in [9.17, 15) is 4.39 Å². The Bertz CT molecular complexity index is 604. The minimum absolute atomic E-state index is 0.290. The first kappa shape index (κ1) is 15.4. The molecule has 0 radical (unpaired) electrons. The van der Waals surface area contributed by atoms with Gasteiger partial charge in [0.15, 0.2) is 0 Å². The Balaban J connectivity index is 2.34. The van der Waals surface area contributed by atoms with Crippen molar-refractivity contribution in [3.8, 4) is 5.75 Å². The molecule has 0 aliphatic rings. The number of nitrogens with two attached hydrogens (primary N) is 1. The quantitative estimate of drug-likeness (QED) is 0.634. The fourth-order valence-electron chi connectivity index (χ4n) is 2.18. The molecule has 1 unspecified atom stereocenters. The molecule has 0 aliphatic heterocycles. The Hall–Kier alpha value is -1.98. The molecule has 0 saturated carbocycles. The van der Waals surface area contributed by atoms with Crippen LogP contribution in [-0.2, 0) is 0 Å². The van der Waals surface area contributed by atoms with Gasteiger partial charge in [-0.1, -0.05) is 13.0 Å². The van der Waals surface area contributed by atoms with Crippen LogP contribution in [0.2, 0.25) is 0 Å². The Morgan fingerprint density at radius 1 is 1.33 bits per heavy atom. The molecule has 4 nitrogen and oxygen atoms in total. The number of ether oxygens (including phenoxy) is 1. The summed E-state index contributed by atoms with van der Waals surface area (Å²) in [6.45, 7) is 4.59. The molecule has 1 aromatic carbocycles. The van der Waals surface area contributed by atoms with Crippen molar-refractivity contribution in [2.75, 3.05) is 6.61 Å². The number of benzene rings is 1. The van der Waals surface area contributed by atoms with E-state index in [4.69, 9.17) is 10.6 Å². The van der Waals surface area contributed by atoms with Gasteiger partial charge in [-0.15, -0.1) is 0 Å². The highest BCUT2D eigenvalue weighted by Gasteiger charge is 2.16. The van der Waals surface area contributed by atoms with Crippen LogP contribution in [0.3, 0.4) is 0 Å². The smallest absolute Gasteiger partial charge is 0.137 e. The number of pyridine rings is 1. The summed E-state index contributed by atoms with van der Waals surface area (Å²) in [4.78, 5) is 4.17. The van der Waals surface area contributed by atoms with Crippen molar-refractivity contribution in [3.05, 3.63) is 59.2 Å². The average molecular weight is 289 g/mol. The molecule has 1 atom stereocenters. The van der Waals surface area contributed by atoms with Crippen molar-refractivity contribution in [2.24, 2.45) is 5.84 Å². The zero-order chi connectivity index (χ0) is 15.2. The SMILES string of the molecule is CCCOc1cncc(C(NN)c2cc(F)ccc2C)c1. The Kier molecular flexibility index (Phi) is 5.25. The molecule has 21 heavy (non-hydrogen) atoms. The third-order valence-electron chi connectivity index (χ3n) is 3.26. The molecular formula is C16H20FN3O. The number of hydrogen-bond donors (Lipinski definition) is 2. The van der Waals surface area contributed by atoms with Crippen LogP contribution >= 0.6 is 0 Å². The van der Waals surface area contributed by atoms with Gasteiger partial charge in [0.05, 0.1) is 18.8 Å². The molecule has 3 N–H and O–H groups in total. The molecule has 0 aliphatic carbocycles. The lowest BCUT2D eigenvalue weighted by Crippen LogP contribution is -2.29. The van der Waals surface area contributed by atoms with Crippen molar-refractivity contribution >= 4 is 0 Å². The molecule has 112 valence electrons. The molecule has 0 fully saturated rings. The number of hydrazine groups is 1. The van der Waals surface area contributed by atoms with E-state index in [-0.39, 0.29) is 11.9 Å². The second kappa shape index (κ2) is 7.15. The van der Waals surface area contributed by atoms with E-state index in [1.54, 1.807) is 18.5 Å². The number of nitrogens with zero attached hydrogens (tertiary/aromatic N) is 1. The first-order valence-corrected chi connectivity index (χ1v) is 6.95. The minimum atomic E-state index is -0.335. The van der Waals surface area contributed by atoms with Crippen LogP contribution in [-0.4, -0.2) is 11.6 Å². The molecular weight excluding hydrogens is 269 g/mol. The standard InChI is InChI=1S/C16H20FN3O/c1-3-6-21-14-7-12(9-19-10-14)16(20-18)15-8-13(17)5-4-11(15)2/h4-5,7-10,16,20H,3,6,18H2,1-2H3. The summed E-state index contributed by atoms with van der Waals surface area (Å²) in [5.74, 6) is 6.06. The highest BCUT2D eigenvalue weighted by molar-refractivity contribution is 5.38. The molecule has 0 spiro atoms. The maximum atomic E-state index is 13.5. The molecule has 5 heteroatoms. The van der Waals surface area contributed by atoms with Gasteiger partial charge >= 0.3 is 0 Å². The Labute approximate surface area is 124 Å². The predicted octanol–water partition coefficient (Wildman–Crippen LogP) is 2.87. The summed E-state index contributed by atoms with van der Waals surface area (Å²) in [5.41, 5.74) is 5.30. The highest BCUT2D eigenvalue weighted by Crippen LogP contribution is 2.26. The van der Waals surface area contributed by atoms with E-state index in [1.807, 2.05) is 19.9 Å². The van der Waals surface area contributed by atoms with E-state index < -0.39 is 0 Å². The van der Waals surface area contributed by atoms with Crippen molar-refractivity contribution in [3.63, 3.8) is 0 Å². The zero-order valence-electron chi connectivity index (χ0n) is 12.3. The zero-order valence-corrected chi connectivity index (χ0v) is 12.3. The lowest BCUT2D eigenvalue weighted by Gasteiger charge is -2.19. The van der Waals surface area contributed by atoms with Crippen LogP contribution in [0.1, 0.15) is 36.1 Å². The van der Waals surface area contributed by atoms with Gasteiger partial charge in [-0.3, -0.25) is 10.8 Å². The summed E-state index contributed by atoms with van der Waals surface area (Å²) in [5, 5.41) is 0. The third-order valence-corrected chi connectivity index (χ3v) is 3.26. The maximum absolute atomic E-state index is 13.5. The van der Waals surface area contributed by atoms with Crippen molar-refractivity contribution in [1.82, 2.24) is 10.4 Å². The van der Waals surface area contributed by atoms with Gasteiger partial charge in [0.1, 0.15) is 11.6 Å². The number of aromatic nitrogens is 1. The molecule has 1 heterocycles. The van der Waals surface area contributed by atoms with Gasteiger partial charge in [0.25, 0.3) is 0 Å². The first-order valence-electron chi connectivity index (χ1n) is 6.95. The fraction of sp³-hybridized carbons (Fsp3) is 0.312. The van der Waals surface area contributed by atoms with Gasteiger partial charge in [0, 0.05) is 6.20 Å². The van der Waals surface area contributed by atoms with Gasteiger partial charge < -0.3 is 4.74 Å². The van der Waals surface area contributed by atoms with E-state index in [0.29, 0.717) is 12.4 Å². The summed E-state index contributed by atoms with van der Waals surface area (Å²) in [6, 6.07) is 6.20. The Morgan fingerprint density at radius 2 is 2.14 bits per heavy atom. The fourth-order valence-corrected chi connectivity index (χ4v) is 2.18. The molecule has 2 rings (SSSR count). The summed E-state index contributed by atoms with van der Waals surface area (Å²) in [6.07, 6.45) is 4.28. The number of rotatable bonds is 6. The van der Waals surface area contributed by atoms with Crippen LogP contribution in [0, 0.1) is 12.7 Å². The summed E-state index contributed by atoms with van der Waals surface area (Å²) < 4.78 is 19.1. The Morgan fingerprint density at radius 3 is 2.86 bits per heavy atom. The lowest BCUT2D eigenvalue weighted by atomic mass is 9.96. The second-order valence-corrected chi connectivity index (χ2v) is 4.90. The topological polar surface area (TPSA) is 60.2 Å². The third kappa shape index (κ3) is 3.77. The molecule has 2 aromatic rings. The number of aryl methyl sites for hydroxylation is 1. The summed E-state index contributed by atoms with van der Waals surface area (Å²) in [7, 11) is 0. The summed E-state index contributed by atoms with van der Waals surface area (Å²) >= 11 is 0. The van der Waals surface area contributed by atoms with Gasteiger partial charge in [0.2, 0.25) is 0 Å². The predicted molar refractivity (Wildman–Crippen MR) is 80.3 cm³/mol. The number of hydrogen-bond acceptors (Lipinski definition) is 4.